The lowest BCUT2D eigenvalue weighted by Gasteiger charge is -2.16. The van der Waals surface area contributed by atoms with Crippen LogP contribution in [0.4, 0.5) is 0 Å². The van der Waals surface area contributed by atoms with E-state index in [0.29, 0.717) is 5.56 Å². The molecule has 0 spiro atoms. The van der Waals surface area contributed by atoms with Gasteiger partial charge in [-0.05, 0) is 49.9 Å². The molecule has 0 aliphatic rings. The number of hydrogen-bond donors (Lipinski definition) is 0. The van der Waals surface area contributed by atoms with E-state index < -0.39 is 5.56 Å². The third-order valence-electron chi connectivity index (χ3n) is 3.73. The molecular weight excluding hydrogens is 323 g/mol. The highest BCUT2D eigenvalue weighted by atomic mass is 35.5. The molecule has 0 radical (unpaired) electrons. The molecule has 0 amide bonds. The van der Waals surface area contributed by atoms with Gasteiger partial charge >= 0.3 is 0 Å². The summed E-state index contributed by atoms with van der Waals surface area (Å²) in [5.41, 5.74) is 3.93. The molecule has 22 heavy (non-hydrogen) atoms. The maximum Gasteiger partial charge on any atom is 0.287 e. The van der Waals surface area contributed by atoms with Crippen molar-refractivity contribution >= 4 is 29.0 Å². The standard InChI is InChI=1S/C16H16Cl2N2O2/c1-8-5-9(2)14(11(4)21)10(3)12(8)7-20-16(22)15(18)13(17)6-19-20/h5-6H,7H2,1-4H3. The molecule has 6 heteroatoms. The second-order valence-electron chi connectivity index (χ2n) is 5.31. The van der Waals surface area contributed by atoms with Crippen LogP contribution in [0.3, 0.4) is 0 Å². The van der Waals surface area contributed by atoms with Gasteiger partial charge in [-0.3, -0.25) is 9.59 Å². The van der Waals surface area contributed by atoms with Crippen molar-refractivity contribution in [3.8, 4) is 0 Å². The minimum absolute atomic E-state index is 0.00527. The third kappa shape index (κ3) is 2.94. The summed E-state index contributed by atoms with van der Waals surface area (Å²) in [4.78, 5) is 24.0. The van der Waals surface area contributed by atoms with Crippen molar-refractivity contribution in [2.45, 2.75) is 34.2 Å². The molecule has 4 nitrogen and oxygen atoms in total. The number of carbonyl (C=O) groups excluding carboxylic acids is 1. The second-order valence-corrected chi connectivity index (χ2v) is 6.10. The van der Waals surface area contributed by atoms with Crippen LogP contribution in [0.15, 0.2) is 17.1 Å². The Hall–Kier alpha value is -1.65. The molecule has 0 N–H and O–H groups in total. The maximum absolute atomic E-state index is 12.1. The summed E-state index contributed by atoms with van der Waals surface area (Å²) < 4.78 is 1.25. The highest BCUT2D eigenvalue weighted by molar-refractivity contribution is 6.41. The van der Waals surface area contributed by atoms with E-state index in [9.17, 15) is 9.59 Å². The largest absolute Gasteiger partial charge is 0.294 e. The SMILES string of the molecule is CC(=O)c1c(C)cc(C)c(Cn2ncc(Cl)c(Cl)c2=O)c1C. The molecule has 2 aromatic rings. The van der Waals surface area contributed by atoms with Gasteiger partial charge in [0.2, 0.25) is 0 Å². The molecule has 0 saturated heterocycles. The van der Waals surface area contributed by atoms with E-state index in [0.717, 1.165) is 22.3 Å². The normalized spacial score (nSPS) is 10.8. The lowest BCUT2D eigenvalue weighted by atomic mass is 9.91. The van der Waals surface area contributed by atoms with Gasteiger partial charge in [-0.2, -0.15) is 5.10 Å². The highest BCUT2D eigenvalue weighted by Crippen LogP contribution is 2.24. The number of aromatic nitrogens is 2. The fraction of sp³-hybridized carbons (Fsp3) is 0.312. The predicted octanol–water partition coefficient (Wildman–Crippen LogP) is 3.73. The maximum atomic E-state index is 12.1. The Morgan fingerprint density at radius 1 is 1.23 bits per heavy atom. The summed E-state index contributed by atoms with van der Waals surface area (Å²) in [7, 11) is 0. The van der Waals surface area contributed by atoms with E-state index >= 15 is 0 Å². The molecule has 1 aromatic carbocycles. The summed E-state index contributed by atoms with van der Waals surface area (Å²) >= 11 is 11.7. The Labute approximate surface area is 138 Å². The summed E-state index contributed by atoms with van der Waals surface area (Å²) in [6.45, 7) is 7.52. The molecule has 0 fully saturated rings. The van der Waals surface area contributed by atoms with Crippen molar-refractivity contribution in [2.24, 2.45) is 0 Å². The Morgan fingerprint density at radius 3 is 2.45 bits per heavy atom. The van der Waals surface area contributed by atoms with Crippen LogP contribution in [0.1, 0.15) is 39.5 Å². The quantitative estimate of drug-likeness (QED) is 0.801. The smallest absolute Gasteiger partial charge is 0.287 e. The van der Waals surface area contributed by atoms with Crippen LogP contribution in [0.25, 0.3) is 0 Å². The van der Waals surface area contributed by atoms with Gasteiger partial charge in [0.15, 0.2) is 5.78 Å². The lowest BCUT2D eigenvalue weighted by molar-refractivity contribution is 0.101. The first-order chi connectivity index (χ1) is 10.2. The molecule has 0 aliphatic carbocycles. The molecule has 0 unspecified atom stereocenters. The van der Waals surface area contributed by atoms with E-state index in [1.165, 1.54) is 17.8 Å². The number of Topliss-reactive ketones (excluding diaryl/α,β-unsaturated/α-hetero) is 1. The fourth-order valence-electron chi connectivity index (χ4n) is 2.72. The molecule has 0 atom stereocenters. The van der Waals surface area contributed by atoms with Crippen molar-refractivity contribution in [2.75, 3.05) is 0 Å². The van der Waals surface area contributed by atoms with Crippen molar-refractivity contribution in [3.63, 3.8) is 0 Å². The zero-order valence-electron chi connectivity index (χ0n) is 12.8. The molecule has 0 bridgehead atoms. The second kappa shape index (κ2) is 6.23. The number of nitrogens with zero attached hydrogens (tertiary/aromatic N) is 2. The average Bonchev–Trinajstić information content (AvgIpc) is 2.42. The van der Waals surface area contributed by atoms with Crippen LogP contribution < -0.4 is 5.56 Å². The summed E-state index contributed by atoms with van der Waals surface area (Å²) in [5, 5.41) is 4.10. The van der Waals surface area contributed by atoms with E-state index in [1.807, 2.05) is 26.8 Å². The Kier molecular flexibility index (Phi) is 4.73. The summed E-state index contributed by atoms with van der Waals surface area (Å²) in [5.74, 6) is 0.00527. The van der Waals surface area contributed by atoms with Gasteiger partial charge in [0.05, 0.1) is 17.8 Å². The van der Waals surface area contributed by atoms with Crippen LogP contribution in [0, 0.1) is 20.8 Å². The first-order valence-corrected chi connectivity index (χ1v) is 7.51. The zero-order chi connectivity index (χ0) is 16.6. The van der Waals surface area contributed by atoms with Crippen LogP contribution in [0.5, 0.6) is 0 Å². The Bertz CT molecular complexity index is 826. The van der Waals surface area contributed by atoms with Gasteiger partial charge in [-0.25, -0.2) is 4.68 Å². The number of benzene rings is 1. The number of carbonyl (C=O) groups is 1. The molecule has 1 aromatic heterocycles. The van der Waals surface area contributed by atoms with E-state index in [-0.39, 0.29) is 22.4 Å². The topological polar surface area (TPSA) is 52.0 Å². The fourth-order valence-corrected chi connectivity index (χ4v) is 2.99. The van der Waals surface area contributed by atoms with Gasteiger partial charge < -0.3 is 0 Å². The molecule has 2 rings (SSSR count). The third-order valence-corrected chi connectivity index (χ3v) is 4.48. The number of ketones is 1. The molecular formula is C16H16Cl2N2O2. The van der Waals surface area contributed by atoms with Crippen LogP contribution >= 0.6 is 23.2 Å². The lowest BCUT2D eigenvalue weighted by Crippen LogP contribution is -2.25. The van der Waals surface area contributed by atoms with Crippen molar-refractivity contribution in [1.29, 1.82) is 0 Å². The number of rotatable bonds is 3. The molecule has 116 valence electrons. The van der Waals surface area contributed by atoms with Crippen LogP contribution in [-0.4, -0.2) is 15.6 Å². The van der Waals surface area contributed by atoms with Crippen molar-refractivity contribution in [3.05, 3.63) is 60.5 Å². The van der Waals surface area contributed by atoms with E-state index in [2.05, 4.69) is 5.10 Å². The van der Waals surface area contributed by atoms with E-state index in [4.69, 9.17) is 23.2 Å². The number of halogens is 2. The average molecular weight is 339 g/mol. The zero-order valence-corrected chi connectivity index (χ0v) is 14.3. The Balaban J connectivity index is 2.60. The number of aryl methyl sites for hydroxylation is 2. The first kappa shape index (κ1) is 16.7. The predicted molar refractivity (Wildman–Crippen MR) is 88.3 cm³/mol. The minimum atomic E-state index is -0.446. The van der Waals surface area contributed by atoms with Crippen LogP contribution in [-0.2, 0) is 6.54 Å². The van der Waals surface area contributed by atoms with Gasteiger partial charge in [0.25, 0.3) is 5.56 Å². The van der Waals surface area contributed by atoms with Gasteiger partial charge in [0.1, 0.15) is 5.02 Å². The monoisotopic (exact) mass is 338 g/mol. The van der Waals surface area contributed by atoms with Gasteiger partial charge in [-0.1, -0.05) is 29.3 Å². The van der Waals surface area contributed by atoms with E-state index in [1.54, 1.807) is 0 Å². The number of hydrogen-bond acceptors (Lipinski definition) is 3. The summed E-state index contributed by atoms with van der Waals surface area (Å²) in [6, 6.07) is 1.95. The van der Waals surface area contributed by atoms with Gasteiger partial charge in [-0.15, -0.1) is 0 Å². The highest BCUT2D eigenvalue weighted by Gasteiger charge is 2.16. The first-order valence-electron chi connectivity index (χ1n) is 6.75. The van der Waals surface area contributed by atoms with Crippen LogP contribution in [0.2, 0.25) is 10.0 Å². The molecule has 0 saturated carbocycles. The minimum Gasteiger partial charge on any atom is -0.294 e. The Morgan fingerprint density at radius 2 is 1.86 bits per heavy atom. The van der Waals surface area contributed by atoms with Crippen molar-refractivity contribution in [1.82, 2.24) is 9.78 Å². The van der Waals surface area contributed by atoms with Crippen molar-refractivity contribution < 1.29 is 4.79 Å². The molecule has 1 heterocycles. The molecule has 0 aliphatic heterocycles. The summed E-state index contributed by atoms with van der Waals surface area (Å²) in [6.07, 6.45) is 1.34. The van der Waals surface area contributed by atoms with Gasteiger partial charge in [0, 0.05) is 5.56 Å².